The molecule has 0 bridgehead atoms. The van der Waals surface area contributed by atoms with E-state index in [1.165, 1.54) is 25.7 Å². The molecule has 0 nitrogen and oxygen atoms in total. The smallest absolute Gasteiger partial charge is 0.0208 e. The van der Waals surface area contributed by atoms with E-state index in [4.69, 9.17) is 0 Å². The summed E-state index contributed by atoms with van der Waals surface area (Å²) < 4.78 is 0. The molecule has 0 N–H and O–H groups in total. The van der Waals surface area contributed by atoms with Gasteiger partial charge in [0.15, 0.2) is 0 Å². The Hall–Kier alpha value is 0.220. The van der Waals surface area contributed by atoms with Gasteiger partial charge >= 0.3 is 0 Å². The Morgan fingerprint density at radius 3 is 2.00 bits per heavy atom. The normalized spacial score (nSPS) is 48.7. The van der Waals surface area contributed by atoms with E-state index in [0.29, 0.717) is 0 Å². The molecule has 1 fully saturated rings. The third kappa shape index (κ3) is 1.16. The molecule has 0 aliphatic heterocycles. The van der Waals surface area contributed by atoms with E-state index in [2.05, 4.69) is 28.1 Å². The molecule has 1 unspecified atom stereocenters. The first-order valence-corrected chi connectivity index (χ1v) is 5.10. The van der Waals surface area contributed by atoms with Crippen LogP contribution < -0.4 is 0 Å². The summed E-state index contributed by atoms with van der Waals surface area (Å²) in [6.07, 6.45) is 10.1. The van der Waals surface area contributed by atoms with Crippen molar-refractivity contribution in [1.82, 2.24) is 0 Å². The van der Waals surface area contributed by atoms with Gasteiger partial charge in [0, 0.05) is 4.83 Å². The van der Waals surface area contributed by atoms with Crippen LogP contribution in [0, 0.1) is 11.8 Å². The van der Waals surface area contributed by atoms with Crippen LogP contribution in [0.4, 0.5) is 0 Å². The number of hydrogen-bond acceptors (Lipinski definition) is 0. The lowest BCUT2D eigenvalue weighted by molar-refractivity contribution is 0.605. The maximum absolute atomic E-state index is 3.72. The van der Waals surface area contributed by atoms with E-state index >= 15 is 0 Å². The first kappa shape index (κ1) is 6.90. The Morgan fingerprint density at radius 1 is 1.00 bits per heavy atom. The van der Waals surface area contributed by atoms with Crippen LogP contribution in [0.1, 0.15) is 25.7 Å². The first-order chi connectivity index (χ1) is 4.89. The monoisotopic (exact) mass is 200 g/mol. The van der Waals surface area contributed by atoms with Crippen LogP contribution in [0.3, 0.4) is 0 Å². The highest BCUT2D eigenvalue weighted by Crippen LogP contribution is 2.51. The van der Waals surface area contributed by atoms with Gasteiger partial charge in [0.05, 0.1) is 0 Å². The molecule has 2 aliphatic rings. The topological polar surface area (TPSA) is 0 Å². The molecule has 10 heavy (non-hydrogen) atoms. The van der Waals surface area contributed by atoms with Crippen molar-refractivity contribution in [3.8, 4) is 0 Å². The highest BCUT2D eigenvalue weighted by molar-refractivity contribution is 9.09. The number of allylic oxidation sites excluding steroid dienone is 2. The zero-order chi connectivity index (χ0) is 6.97. The summed E-state index contributed by atoms with van der Waals surface area (Å²) in [5.74, 6) is 2.04. The van der Waals surface area contributed by atoms with Gasteiger partial charge < -0.3 is 0 Å². The van der Waals surface area contributed by atoms with Gasteiger partial charge in [-0.05, 0) is 37.5 Å². The van der Waals surface area contributed by atoms with E-state index in [1.807, 2.05) is 0 Å². The molecule has 0 amide bonds. The average Bonchev–Trinajstić information content (AvgIpc) is 2.39. The number of hydrogen-bond donors (Lipinski definition) is 0. The molecule has 0 heterocycles. The summed E-state index contributed by atoms with van der Waals surface area (Å²) in [5.41, 5.74) is 0. The van der Waals surface area contributed by atoms with Crippen molar-refractivity contribution in [2.24, 2.45) is 11.8 Å². The number of fused-ring (bicyclic) bond motifs is 1. The molecule has 1 saturated carbocycles. The summed E-state index contributed by atoms with van der Waals surface area (Å²) in [6.45, 7) is 0. The van der Waals surface area contributed by atoms with Gasteiger partial charge in [-0.1, -0.05) is 28.1 Å². The van der Waals surface area contributed by atoms with E-state index < -0.39 is 0 Å². The summed E-state index contributed by atoms with van der Waals surface area (Å²) in [6, 6.07) is 0. The van der Waals surface area contributed by atoms with Crippen molar-refractivity contribution in [3.05, 3.63) is 12.2 Å². The molecule has 2 aliphatic carbocycles. The minimum absolute atomic E-state index is 0.868. The highest BCUT2D eigenvalue weighted by atomic mass is 79.9. The van der Waals surface area contributed by atoms with E-state index in [0.717, 1.165) is 16.7 Å². The van der Waals surface area contributed by atoms with Crippen LogP contribution in [0.2, 0.25) is 0 Å². The first-order valence-electron chi connectivity index (χ1n) is 4.18. The molecule has 0 aromatic rings. The van der Waals surface area contributed by atoms with Crippen LogP contribution in [0.25, 0.3) is 0 Å². The molecule has 0 aromatic heterocycles. The third-order valence-corrected chi connectivity index (χ3v) is 4.09. The zero-order valence-electron chi connectivity index (χ0n) is 6.09. The Balaban J connectivity index is 1.94. The van der Waals surface area contributed by atoms with Gasteiger partial charge in [0.2, 0.25) is 0 Å². The Kier molecular flexibility index (Phi) is 1.86. The standard InChI is InChI=1S/C9H13Br/c10-9-7-5-3-1-2-4-6-8(7)9/h1-2,7-9H,3-6H2/b2-1-/t7-,8+,9?. The molecule has 1 heteroatoms. The van der Waals surface area contributed by atoms with Crippen molar-refractivity contribution < 1.29 is 0 Å². The zero-order valence-corrected chi connectivity index (χ0v) is 7.68. The fourth-order valence-corrected chi connectivity index (χ4v) is 3.09. The Morgan fingerprint density at radius 2 is 1.50 bits per heavy atom. The number of halogens is 1. The number of alkyl halides is 1. The molecular weight excluding hydrogens is 188 g/mol. The SMILES string of the molecule is BrC1[C@H]2CC/C=C\CC[C@@H]12. The Labute approximate surface area is 70.8 Å². The molecule has 0 spiro atoms. The minimum Gasteiger partial charge on any atom is -0.0885 e. The molecule has 2 rings (SSSR count). The molecule has 3 atom stereocenters. The molecule has 0 aromatic carbocycles. The lowest BCUT2D eigenvalue weighted by Crippen LogP contribution is -1.85. The van der Waals surface area contributed by atoms with Crippen LogP contribution in [-0.4, -0.2) is 4.83 Å². The maximum Gasteiger partial charge on any atom is 0.0208 e. The molecule has 0 radical (unpaired) electrons. The van der Waals surface area contributed by atoms with Crippen LogP contribution in [0.5, 0.6) is 0 Å². The van der Waals surface area contributed by atoms with Crippen molar-refractivity contribution >= 4 is 15.9 Å². The van der Waals surface area contributed by atoms with Crippen molar-refractivity contribution in [1.29, 1.82) is 0 Å². The van der Waals surface area contributed by atoms with Gasteiger partial charge in [-0.25, -0.2) is 0 Å². The van der Waals surface area contributed by atoms with Gasteiger partial charge in [-0.15, -0.1) is 0 Å². The number of rotatable bonds is 0. The Bertz CT molecular complexity index is 135. The molecular formula is C9H13Br. The summed E-state index contributed by atoms with van der Waals surface area (Å²) in [7, 11) is 0. The average molecular weight is 201 g/mol. The van der Waals surface area contributed by atoms with Crippen LogP contribution in [-0.2, 0) is 0 Å². The van der Waals surface area contributed by atoms with Crippen molar-refractivity contribution in [2.75, 3.05) is 0 Å². The van der Waals surface area contributed by atoms with E-state index in [1.54, 1.807) is 0 Å². The summed E-state index contributed by atoms with van der Waals surface area (Å²) in [4.78, 5) is 0.868. The second-order valence-corrected chi connectivity index (χ2v) is 4.46. The molecule has 0 saturated heterocycles. The van der Waals surface area contributed by atoms with Gasteiger partial charge in [0.1, 0.15) is 0 Å². The van der Waals surface area contributed by atoms with E-state index in [9.17, 15) is 0 Å². The summed E-state index contributed by atoms with van der Waals surface area (Å²) >= 11 is 3.72. The van der Waals surface area contributed by atoms with Gasteiger partial charge in [-0.3, -0.25) is 0 Å². The maximum atomic E-state index is 3.72. The van der Waals surface area contributed by atoms with Crippen molar-refractivity contribution in [2.45, 2.75) is 30.5 Å². The van der Waals surface area contributed by atoms with Crippen molar-refractivity contribution in [3.63, 3.8) is 0 Å². The largest absolute Gasteiger partial charge is 0.0885 e. The quantitative estimate of drug-likeness (QED) is 0.417. The summed E-state index contributed by atoms with van der Waals surface area (Å²) in [5, 5.41) is 0. The van der Waals surface area contributed by atoms with Gasteiger partial charge in [0.25, 0.3) is 0 Å². The highest BCUT2D eigenvalue weighted by Gasteiger charge is 2.46. The lowest BCUT2D eigenvalue weighted by Gasteiger charge is -1.98. The van der Waals surface area contributed by atoms with Crippen LogP contribution >= 0.6 is 15.9 Å². The second kappa shape index (κ2) is 2.69. The minimum atomic E-state index is 0.868. The fourth-order valence-electron chi connectivity index (χ4n) is 1.96. The van der Waals surface area contributed by atoms with Crippen LogP contribution in [0.15, 0.2) is 12.2 Å². The lowest BCUT2D eigenvalue weighted by atomic mass is 10.1. The molecule has 56 valence electrons. The second-order valence-electron chi connectivity index (χ2n) is 3.40. The third-order valence-electron chi connectivity index (χ3n) is 2.73. The van der Waals surface area contributed by atoms with E-state index in [-0.39, 0.29) is 0 Å². The predicted octanol–water partition coefficient (Wildman–Crippen LogP) is 3.13. The fraction of sp³-hybridized carbons (Fsp3) is 0.778. The predicted molar refractivity (Wildman–Crippen MR) is 47.3 cm³/mol. The van der Waals surface area contributed by atoms with Gasteiger partial charge in [-0.2, -0.15) is 0 Å².